The van der Waals surface area contributed by atoms with Crippen LogP contribution in [0.5, 0.6) is 0 Å². The van der Waals surface area contributed by atoms with Crippen molar-refractivity contribution in [1.29, 1.82) is 0 Å². The van der Waals surface area contributed by atoms with Gasteiger partial charge in [0.05, 0.1) is 0 Å². The van der Waals surface area contributed by atoms with Gasteiger partial charge in [-0.1, -0.05) is 6.07 Å². The van der Waals surface area contributed by atoms with Crippen LogP contribution >= 0.6 is 0 Å². The van der Waals surface area contributed by atoms with Crippen LogP contribution in [0.2, 0.25) is 0 Å². The summed E-state index contributed by atoms with van der Waals surface area (Å²) in [5, 5.41) is 3.15. The van der Waals surface area contributed by atoms with E-state index in [0.29, 0.717) is 11.6 Å². The second-order valence-corrected chi connectivity index (χ2v) is 4.48. The lowest BCUT2D eigenvalue weighted by atomic mass is 10.2. The molecule has 17 heavy (non-hydrogen) atoms. The zero-order chi connectivity index (χ0) is 11.8. The van der Waals surface area contributed by atoms with Crippen LogP contribution in [0.4, 0.5) is 16.0 Å². The fourth-order valence-corrected chi connectivity index (χ4v) is 1.86. The molecule has 1 fully saturated rings. The summed E-state index contributed by atoms with van der Waals surface area (Å²) >= 11 is 0. The first kappa shape index (κ1) is 10.3. The number of halogens is 1. The van der Waals surface area contributed by atoms with E-state index in [1.54, 1.807) is 19.2 Å². The maximum atomic E-state index is 13.4. The molecule has 0 unspecified atom stereocenters. The SMILES string of the molecule is Cc1ccc(Nc2nccn2C2CC2)cc1F. The molecule has 2 aromatic rings. The molecule has 1 aliphatic carbocycles. The third-order valence-corrected chi connectivity index (χ3v) is 3.04. The number of benzene rings is 1. The minimum absolute atomic E-state index is 0.195. The molecule has 3 nitrogen and oxygen atoms in total. The fraction of sp³-hybridized carbons (Fsp3) is 0.308. The minimum atomic E-state index is -0.195. The summed E-state index contributed by atoms with van der Waals surface area (Å²) in [6.07, 6.45) is 6.14. The number of hydrogen-bond donors (Lipinski definition) is 1. The molecule has 1 N–H and O–H groups in total. The summed E-state index contributed by atoms with van der Waals surface area (Å²) in [6.45, 7) is 1.75. The minimum Gasteiger partial charge on any atom is -0.326 e. The molecule has 1 aromatic carbocycles. The standard InChI is InChI=1S/C13H14FN3/c1-9-2-3-10(8-12(9)14)16-13-15-6-7-17(13)11-4-5-11/h2-3,6-8,11H,4-5H2,1H3,(H,15,16). The number of anilines is 2. The molecule has 0 amide bonds. The molecular formula is C13H14FN3. The van der Waals surface area contributed by atoms with Gasteiger partial charge in [-0.25, -0.2) is 9.37 Å². The van der Waals surface area contributed by atoms with E-state index in [4.69, 9.17) is 0 Å². The Balaban J connectivity index is 1.85. The lowest BCUT2D eigenvalue weighted by molar-refractivity contribution is 0.619. The number of rotatable bonds is 3. The van der Waals surface area contributed by atoms with E-state index in [1.807, 2.05) is 12.3 Å². The smallest absolute Gasteiger partial charge is 0.207 e. The van der Waals surface area contributed by atoms with E-state index in [0.717, 1.165) is 11.6 Å². The van der Waals surface area contributed by atoms with E-state index in [9.17, 15) is 4.39 Å². The summed E-state index contributed by atoms with van der Waals surface area (Å²) in [5.74, 6) is 0.593. The normalized spacial score (nSPS) is 14.9. The molecule has 0 spiro atoms. The van der Waals surface area contributed by atoms with E-state index < -0.39 is 0 Å². The quantitative estimate of drug-likeness (QED) is 0.877. The van der Waals surface area contributed by atoms with Crippen LogP contribution in [0, 0.1) is 12.7 Å². The lowest BCUT2D eigenvalue weighted by Crippen LogP contribution is -2.01. The van der Waals surface area contributed by atoms with Gasteiger partial charge in [-0.05, 0) is 37.5 Å². The predicted molar refractivity (Wildman–Crippen MR) is 64.9 cm³/mol. The highest BCUT2D eigenvalue weighted by atomic mass is 19.1. The monoisotopic (exact) mass is 231 g/mol. The van der Waals surface area contributed by atoms with Gasteiger partial charge in [-0.15, -0.1) is 0 Å². The summed E-state index contributed by atoms with van der Waals surface area (Å²) in [7, 11) is 0. The number of imidazole rings is 1. The fourth-order valence-electron chi connectivity index (χ4n) is 1.86. The van der Waals surface area contributed by atoms with Gasteiger partial charge in [-0.2, -0.15) is 0 Å². The van der Waals surface area contributed by atoms with Crippen molar-refractivity contribution in [3.8, 4) is 0 Å². The molecule has 3 rings (SSSR count). The summed E-state index contributed by atoms with van der Waals surface area (Å²) in [6, 6.07) is 5.70. The van der Waals surface area contributed by atoms with Gasteiger partial charge in [0.15, 0.2) is 0 Å². The van der Waals surface area contributed by atoms with Crippen molar-refractivity contribution in [2.45, 2.75) is 25.8 Å². The molecular weight excluding hydrogens is 217 g/mol. The maximum Gasteiger partial charge on any atom is 0.207 e. The third-order valence-electron chi connectivity index (χ3n) is 3.04. The summed E-state index contributed by atoms with van der Waals surface area (Å²) in [4.78, 5) is 4.25. The Hall–Kier alpha value is -1.84. The van der Waals surface area contributed by atoms with Crippen molar-refractivity contribution >= 4 is 11.6 Å². The van der Waals surface area contributed by atoms with Crippen molar-refractivity contribution in [3.05, 3.63) is 42.0 Å². The van der Waals surface area contributed by atoms with Crippen LogP contribution in [0.25, 0.3) is 0 Å². The Morgan fingerprint density at radius 3 is 2.94 bits per heavy atom. The zero-order valence-corrected chi connectivity index (χ0v) is 9.65. The van der Waals surface area contributed by atoms with Gasteiger partial charge in [0, 0.05) is 24.1 Å². The molecule has 0 atom stereocenters. The largest absolute Gasteiger partial charge is 0.326 e. The third kappa shape index (κ3) is 2.02. The number of aromatic nitrogens is 2. The van der Waals surface area contributed by atoms with Crippen molar-refractivity contribution in [3.63, 3.8) is 0 Å². The topological polar surface area (TPSA) is 29.9 Å². The average molecular weight is 231 g/mol. The highest BCUT2D eigenvalue weighted by Crippen LogP contribution is 2.37. The maximum absolute atomic E-state index is 13.4. The molecule has 0 bridgehead atoms. The molecule has 1 aliphatic rings. The second kappa shape index (κ2) is 3.87. The number of hydrogen-bond acceptors (Lipinski definition) is 2. The summed E-state index contributed by atoms with van der Waals surface area (Å²) < 4.78 is 15.5. The van der Waals surface area contributed by atoms with Crippen molar-refractivity contribution in [2.75, 3.05) is 5.32 Å². The first-order chi connectivity index (χ1) is 8.24. The highest BCUT2D eigenvalue weighted by Gasteiger charge is 2.25. The van der Waals surface area contributed by atoms with E-state index in [-0.39, 0.29) is 5.82 Å². The number of nitrogens with zero attached hydrogens (tertiary/aromatic N) is 2. The molecule has 0 saturated heterocycles. The molecule has 88 valence electrons. The van der Waals surface area contributed by atoms with Gasteiger partial charge < -0.3 is 9.88 Å². The zero-order valence-electron chi connectivity index (χ0n) is 9.65. The first-order valence-electron chi connectivity index (χ1n) is 5.80. The molecule has 0 radical (unpaired) electrons. The molecule has 1 heterocycles. The van der Waals surface area contributed by atoms with Crippen LogP contribution < -0.4 is 5.32 Å². The summed E-state index contributed by atoms with van der Waals surface area (Å²) in [5.41, 5.74) is 1.39. The molecule has 1 aromatic heterocycles. The first-order valence-corrected chi connectivity index (χ1v) is 5.80. The van der Waals surface area contributed by atoms with Crippen LogP contribution in [0.15, 0.2) is 30.6 Å². The Kier molecular flexibility index (Phi) is 2.35. The van der Waals surface area contributed by atoms with Gasteiger partial charge in [0.2, 0.25) is 5.95 Å². The van der Waals surface area contributed by atoms with E-state index >= 15 is 0 Å². The second-order valence-electron chi connectivity index (χ2n) is 4.48. The van der Waals surface area contributed by atoms with E-state index in [1.165, 1.54) is 18.9 Å². The van der Waals surface area contributed by atoms with Crippen LogP contribution in [-0.2, 0) is 0 Å². The van der Waals surface area contributed by atoms with E-state index in [2.05, 4.69) is 14.9 Å². The Bertz CT molecular complexity index is 543. The van der Waals surface area contributed by atoms with Crippen molar-refractivity contribution < 1.29 is 4.39 Å². The molecule has 4 heteroatoms. The Morgan fingerprint density at radius 2 is 2.24 bits per heavy atom. The predicted octanol–water partition coefficient (Wildman–Crippen LogP) is 3.41. The van der Waals surface area contributed by atoms with Crippen LogP contribution in [0.3, 0.4) is 0 Å². The Labute approximate surface area is 99.3 Å². The molecule has 1 saturated carbocycles. The van der Waals surface area contributed by atoms with Gasteiger partial charge >= 0.3 is 0 Å². The number of aryl methyl sites for hydroxylation is 1. The van der Waals surface area contributed by atoms with Crippen LogP contribution in [0.1, 0.15) is 24.4 Å². The van der Waals surface area contributed by atoms with Crippen molar-refractivity contribution in [1.82, 2.24) is 9.55 Å². The van der Waals surface area contributed by atoms with Gasteiger partial charge in [0.1, 0.15) is 5.82 Å². The van der Waals surface area contributed by atoms with Gasteiger partial charge in [0.25, 0.3) is 0 Å². The lowest BCUT2D eigenvalue weighted by Gasteiger charge is -2.09. The van der Waals surface area contributed by atoms with Crippen LogP contribution in [-0.4, -0.2) is 9.55 Å². The molecule has 0 aliphatic heterocycles. The number of nitrogens with one attached hydrogen (secondary N) is 1. The Morgan fingerprint density at radius 1 is 1.41 bits per heavy atom. The van der Waals surface area contributed by atoms with Gasteiger partial charge in [-0.3, -0.25) is 0 Å². The average Bonchev–Trinajstić information content (AvgIpc) is 3.05. The highest BCUT2D eigenvalue weighted by molar-refractivity contribution is 5.54. The van der Waals surface area contributed by atoms with Crippen molar-refractivity contribution in [2.24, 2.45) is 0 Å².